The van der Waals surface area contributed by atoms with Crippen molar-refractivity contribution < 1.29 is 4.74 Å². The van der Waals surface area contributed by atoms with Crippen molar-refractivity contribution in [3.05, 3.63) is 12.2 Å². The molecule has 1 atom stereocenters. The van der Waals surface area contributed by atoms with Crippen molar-refractivity contribution in [3.63, 3.8) is 0 Å². The fourth-order valence-electron chi connectivity index (χ4n) is 3.04. The molecule has 1 rings (SSSR count). The van der Waals surface area contributed by atoms with Crippen molar-refractivity contribution in [2.75, 3.05) is 13.7 Å². The van der Waals surface area contributed by atoms with Gasteiger partial charge in [-0.25, -0.2) is 0 Å². The first-order chi connectivity index (χ1) is 8.16. The first-order valence-corrected chi connectivity index (χ1v) is 7.10. The molecule has 0 aromatic carbocycles. The number of methoxy groups -OCH3 is 1. The maximum Gasteiger partial charge on any atom is 0.0869 e. The fourth-order valence-corrected chi connectivity index (χ4v) is 3.04. The van der Waals surface area contributed by atoms with E-state index in [9.17, 15) is 0 Å². The van der Waals surface area contributed by atoms with Crippen LogP contribution in [0.25, 0.3) is 0 Å². The van der Waals surface area contributed by atoms with Crippen LogP contribution >= 0.6 is 0 Å². The summed E-state index contributed by atoms with van der Waals surface area (Å²) in [4.78, 5) is 0. The third kappa shape index (κ3) is 3.82. The molecule has 1 fully saturated rings. The molecular weight excluding hydrogens is 210 g/mol. The zero-order valence-corrected chi connectivity index (χ0v) is 11.8. The summed E-state index contributed by atoms with van der Waals surface area (Å²) in [5.41, 5.74) is 1.19. The van der Waals surface area contributed by atoms with Gasteiger partial charge in [-0.05, 0) is 32.7 Å². The van der Waals surface area contributed by atoms with Gasteiger partial charge in [0, 0.05) is 7.11 Å². The van der Waals surface area contributed by atoms with E-state index in [4.69, 9.17) is 4.74 Å². The van der Waals surface area contributed by atoms with E-state index >= 15 is 0 Å². The van der Waals surface area contributed by atoms with E-state index in [1.807, 2.05) is 7.11 Å². The van der Waals surface area contributed by atoms with Crippen LogP contribution in [-0.2, 0) is 4.74 Å². The summed E-state index contributed by atoms with van der Waals surface area (Å²) >= 11 is 0. The number of hydrogen-bond acceptors (Lipinski definition) is 2. The van der Waals surface area contributed by atoms with E-state index in [1.165, 1.54) is 31.3 Å². The summed E-state index contributed by atoms with van der Waals surface area (Å²) in [6, 6.07) is 0.311. The van der Waals surface area contributed by atoms with Gasteiger partial charge in [-0.15, -0.1) is 0 Å². The van der Waals surface area contributed by atoms with Crippen LogP contribution in [0.2, 0.25) is 0 Å². The molecule has 0 heterocycles. The van der Waals surface area contributed by atoms with Crippen LogP contribution in [0.3, 0.4) is 0 Å². The monoisotopic (exact) mass is 239 g/mol. The zero-order valence-electron chi connectivity index (χ0n) is 11.8. The molecule has 2 heteroatoms. The highest BCUT2D eigenvalue weighted by atomic mass is 16.5. The van der Waals surface area contributed by atoms with Crippen LogP contribution in [0, 0.1) is 0 Å². The Balaban J connectivity index is 2.80. The standard InChI is InChI=1S/C15H29NO/c1-5-12-16-14(13(2)3)15(17-4)10-8-6-7-9-11-15/h14,16H,2,5-12H2,1,3-4H3. The van der Waals surface area contributed by atoms with Gasteiger partial charge < -0.3 is 10.1 Å². The van der Waals surface area contributed by atoms with Crippen molar-refractivity contribution >= 4 is 0 Å². The summed E-state index contributed by atoms with van der Waals surface area (Å²) in [5.74, 6) is 0. The van der Waals surface area contributed by atoms with Crippen molar-refractivity contribution in [3.8, 4) is 0 Å². The molecule has 100 valence electrons. The summed E-state index contributed by atoms with van der Waals surface area (Å²) in [6.07, 6.45) is 8.75. The zero-order chi connectivity index (χ0) is 12.7. The molecule has 0 aromatic rings. The summed E-state index contributed by atoms with van der Waals surface area (Å²) < 4.78 is 5.96. The SMILES string of the molecule is C=C(C)C(NCCC)C1(OC)CCCCCC1. The molecule has 0 saturated heterocycles. The van der Waals surface area contributed by atoms with Gasteiger partial charge in [0.1, 0.15) is 0 Å². The van der Waals surface area contributed by atoms with Gasteiger partial charge in [0.2, 0.25) is 0 Å². The molecule has 17 heavy (non-hydrogen) atoms. The van der Waals surface area contributed by atoms with E-state index in [-0.39, 0.29) is 5.60 Å². The normalized spacial score (nSPS) is 21.8. The van der Waals surface area contributed by atoms with E-state index in [0.717, 1.165) is 25.8 Å². The second-order valence-corrected chi connectivity index (χ2v) is 5.42. The first-order valence-electron chi connectivity index (χ1n) is 7.10. The lowest BCUT2D eigenvalue weighted by Crippen LogP contribution is -2.52. The first kappa shape index (κ1) is 14.7. The Hall–Kier alpha value is -0.340. The smallest absolute Gasteiger partial charge is 0.0869 e. The molecule has 1 N–H and O–H groups in total. The van der Waals surface area contributed by atoms with E-state index in [1.54, 1.807) is 0 Å². The second-order valence-electron chi connectivity index (χ2n) is 5.42. The Morgan fingerprint density at radius 1 is 1.29 bits per heavy atom. The van der Waals surface area contributed by atoms with Gasteiger partial charge in [0.25, 0.3) is 0 Å². The number of rotatable bonds is 6. The van der Waals surface area contributed by atoms with E-state index in [0.29, 0.717) is 6.04 Å². The lowest BCUT2D eigenvalue weighted by molar-refractivity contribution is -0.0432. The Labute approximate surface area is 107 Å². The average Bonchev–Trinajstić information content (AvgIpc) is 2.55. The topological polar surface area (TPSA) is 21.3 Å². The predicted octanol–water partition coefficient (Wildman–Crippen LogP) is 3.67. The van der Waals surface area contributed by atoms with Crippen LogP contribution in [0.5, 0.6) is 0 Å². The van der Waals surface area contributed by atoms with Gasteiger partial charge in [-0.1, -0.05) is 44.8 Å². The van der Waals surface area contributed by atoms with Crippen molar-refractivity contribution in [2.45, 2.75) is 70.4 Å². The number of hydrogen-bond donors (Lipinski definition) is 1. The van der Waals surface area contributed by atoms with E-state index in [2.05, 4.69) is 25.7 Å². The highest BCUT2D eigenvalue weighted by molar-refractivity contribution is 5.12. The maximum absolute atomic E-state index is 5.96. The largest absolute Gasteiger partial charge is 0.376 e. The molecular formula is C15H29NO. The lowest BCUT2D eigenvalue weighted by Gasteiger charge is -2.40. The van der Waals surface area contributed by atoms with Gasteiger partial charge in [0.05, 0.1) is 11.6 Å². The molecule has 0 aliphatic heterocycles. The van der Waals surface area contributed by atoms with Crippen molar-refractivity contribution in [1.82, 2.24) is 5.32 Å². The minimum atomic E-state index is -0.0164. The molecule has 1 unspecified atom stereocenters. The minimum Gasteiger partial charge on any atom is -0.376 e. The fraction of sp³-hybridized carbons (Fsp3) is 0.867. The highest BCUT2D eigenvalue weighted by Gasteiger charge is 2.39. The Kier molecular flexibility index (Phi) is 6.21. The van der Waals surface area contributed by atoms with Gasteiger partial charge in [-0.3, -0.25) is 0 Å². The second kappa shape index (κ2) is 7.17. The Bertz CT molecular complexity index is 229. The number of ether oxygens (including phenoxy) is 1. The summed E-state index contributed by atoms with van der Waals surface area (Å²) in [6.45, 7) is 9.54. The van der Waals surface area contributed by atoms with Gasteiger partial charge in [0.15, 0.2) is 0 Å². The lowest BCUT2D eigenvalue weighted by atomic mass is 9.82. The molecule has 0 spiro atoms. The maximum atomic E-state index is 5.96. The third-order valence-corrected chi connectivity index (χ3v) is 3.97. The molecule has 2 nitrogen and oxygen atoms in total. The van der Waals surface area contributed by atoms with E-state index < -0.39 is 0 Å². The van der Waals surface area contributed by atoms with Crippen LogP contribution in [0.1, 0.15) is 58.8 Å². The average molecular weight is 239 g/mol. The van der Waals surface area contributed by atoms with Gasteiger partial charge in [-0.2, -0.15) is 0 Å². The molecule has 0 aromatic heterocycles. The Morgan fingerprint density at radius 3 is 2.29 bits per heavy atom. The van der Waals surface area contributed by atoms with Crippen LogP contribution < -0.4 is 5.32 Å². The van der Waals surface area contributed by atoms with Crippen molar-refractivity contribution in [1.29, 1.82) is 0 Å². The third-order valence-electron chi connectivity index (χ3n) is 3.97. The summed E-state index contributed by atoms with van der Waals surface area (Å²) in [5, 5.41) is 3.63. The molecule has 1 aliphatic carbocycles. The molecule has 0 bridgehead atoms. The highest BCUT2D eigenvalue weighted by Crippen LogP contribution is 2.35. The van der Waals surface area contributed by atoms with Gasteiger partial charge >= 0.3 is 0 Å². The van der Waals surface area contributed by atoms with Crippen LogP contribution in [-0.4, -0.2) is 25.3 Å². The Morgan fingerprint density at radius 2 is 1.88 bits per heavy atom. The molecule has 0 amide bonds. The predicted molar refractivity (Wildman–Crippen MR) is 74.3 cm³/mol. The summed E-state index contributed by atoms with van der Waals surface area (Å²) in [7, 11) is 1.87. The number of nitrogens with one attached hydrogen (secondary N) is 1. The van der Waals surface area contributed by atoms with Crippen LogP contribution in [0.15, 0.2) is 12.2 Å². The molecule has 1 aliphatic rings. The molecule has 0 radical (unpaired) electrons. The minimum absolute atomic E-state index is 0.0164. The van der Waals surface area contributed by atoms with Crippen molar-refractivity contribution in [2.24, 2.45) is 0 Å². The quantitative estimate of drug-likeness (QED) is 0.564. The molecule has 1 saturated carbocycles. The van der Waals surface area contributed by atoms with Crippen LogP contribution in [0.4, 0.5) is 0 Å².